The minimum atomic E-state index is -0.548. The first kappa shape index (κ1) is 20.2. The van der Waals surface area contributed by atoms with E-state index >= 15 is 0 Å². The predicted molar refractivity (Wildman–Crippen MR) is 104 cm³/mol. The minimum absolute atomic E-state index is 0.146. The number of benzene rings is 1. The van der Waals surface area contributed by atoms with Crippen LogP contribution < -0.4 is 9.47 Å². The largest absolute Gasteiger partial charge is 0.497 e. The molecular formula is C22H32O5. The lowest BCUT2D eigenvalue weighted by Crippen LogP contribution is -2.51. The SMILES string of the molecule is COc1ccc(O[C@@]2(C)CC=CC(C)(C)O[C@H]2COC2CCCCO2)cc1. The van der Waals surface area contributed by atoms with Crippen molar-refractivity contribution >= 4 is 0 Å². The Balaban J connectivity index is 1.73. The molecule has 0 radical (unpaired) electrons. The second kappa shape index (κ2) is 8.63. The maximum Gasteiger partial charge on any atom is 0.157 e. The summed E-state index contributed by atoms with van der Waals surface area (Å²) < 4.78 is 29.8. The molecule has 2 aliphatic heterocycles. The summed E-state index contributed by atoms with van der Waals surface area (Å²) in [7, 11) is 1.66. The Morgan fingerprint density at radius 1 is 1.07 bits per heavy atom. The maximum absolute atomic E-state index is 6.42. The van der Waals surface area contributed by atoms with Crippen LogP contribution in [-0.2, 0) is 14.2 Å². The fourth-order valence-corrected chi connectivity index (χ4v) is 3.51. The van der Waals surface area contributed by atoms with Crippen LogP contribution in [0.5, 0.6) is 11.5 Å². The van der Waals surface area contributed by atoms with E-state index < -0.39 is 5.60 Å². The van der Waals surface area contributed by atoms with Crippen molar-refractivity contribution in [2.75, 3.05) is 20.3 Å². The predicted octanol–water partition coefficient (Wildman–Crippen LogP) is 4.50. The first-order valence-corrected chi connectivity index (χ1v) is 9.82. The molecule has 0 bridgehead atoms. The zero-order valence-corrected chi connectivity index (χ0v) is 16.9. The fourth-order valence-electron chi connectivity index (χ4n) is 3.51. The van der Waals surface area contributed by atoms with Crippen molar-refractivity contribution < 1.29 is 23.7 Å². The van der Waals surface area contributed by atoms with Crippen LogP contribution in [0.2, 0.25) is 0 Å². The summed E-state index contributed by atoms with van der Waals surface area (Å²) in [6, 6.07) is 7.65. The first-order chi connectivity index (χ1) is 12.9. The Hall–Kier alpha value is -1.56. The van der Waals surface area contributed by atoms with Gasteiger partial charge in [0.05, 0.1) is 19.3 Å². The van der Waals surface area contributed by atoms with Crippen molar-refractivity contribution in [2.24, 2.45) is 0 Å². The minimum Gasteiger partial charge on any atom is -0.497 e. The van der Waals surface area contributed by atoms with Crippen molar-refractivity contribution in [2.45, 2.75) is 70.1 Å². The number of rotatable bonds is 6. The number of ether oxygens (including phenoxy) is 5. The average Bonchev–Trinajstić information content (AvgIpc) is 2.77. The van der Waals surface area contributed by atoms with Crippen molar-refractivity contribution in [1.29, 1.82) is 0 Å². The molecule has 1 saturated heterocycles. The van der Waals surface area contributed by atoms with E-state index in [0.29, 0.717) is 6.61 Å². The van der Waals surface area contributed by atoms with Crippen LogP contribution in [0.4, 0.5) is 0 Å². The lowest BCUT2D eigenvalue weighted by Gasteiger charge is -2.39. The summed E-state index contributed by atoms with van der Waals surface area (Å²) in [6.45, 7) is 7.41. The van der Waals surface area contributed by atoms with Gasteiger partial charge in [-0.15, -0.1) is 0 Å². The monoisotopic (exact) mass is 376 g/mol. The molecule has 0 aromatic heterocycles. The highest BCUT2D eigenvalue weighted by Crippen LogP contribution is 2.34. The summed E-state index contributed by atoms with van der Waals surface area (Å²) in [5, 5.41) is 0. The van der Waals surface area contributed by atoms with Crippen molar-refractivity contribution in [1.82, 2.24) is 0 Å². The summed E-state index contributed by atoms with van der Waals surface area (Å²) in [5.41, 5.74) is -0.921. The fraction of sp³-hybridized carbons (Fsp3) is 0.636. The van der Waals surface area contributed by atoms with Crippen LogP contribution in [0.3, 0.4) is 0 Å². The highest BCUT2D eigenvalue weighted by atomic mass is 16.7. The first-order valence-electron chi connectivity index (χ1n) is 9.82. The topological polar surface area (TPSA) is 46.2 Å². The molecule has 1 fully saturated rings. The lowest BCUT2D eigenvalue weighted by atomic mass is 9.95. The van der Waals surface area contributed by atoms with Gasteiger partial charge in [0.25, 0.3) is 0 Å². The van der Waals surface area contributed by atoms with E-state index in [1.165, 1.54) is 0 Å². The van der Waals surface area contributed by atoms with Crippen LogP contribution >= 0.6 is 0 Å². The molecule has 5 heteroatoms. The van der Waals surface area contributed by atoms with Gasteiger partial charge < -0.3 is 23.7 Å². The second-order valence-electron chi connectivity index (χ2n) is 8.04. The molecule has 3 atom stereocenters. The lowest BCUT2D eigenvalue weighted by molar-refractivity contribution is -0.210. The number of methoxy groups -OCH3 is 1. The van der Waals surface area contributed by atoms with Gasteiger partial charge in [-0.05, 0) is 64.3 Å². The molecule has 27 heavy (non-hydrogen) atoms. The molecule has 1 aromatic rings. The van der Waals surface area contributed by atoms with Gasteiger partial charge >= 0.3 is 0 Å². The van der Waals surface area contributed by atoms with Gasteiger partial charge in [0.15, 0.2) is 6.29 Å². The van der Waals surface area contributed by atoms with E-state index in [9.17, 15) is 0 Å². The highest BCUT2D eigenvalue weighted by molar-refractivity contribution is 5.32. The molecule has 0 spiro atoms. The van der Waals surface area contributed by atoms with E-state index in [4.69, 9.17) is 23.7 Å². The normalized spacial score (nSPS) is 30.5. The van der Waals surface area contributed by atoms with Gasteiger partial charge in [-0.25, -0.2) is 0 Å². The third-order valence-corrected chi connectivity index (χ3v) is 5.15. The maximum atomic E-state index is 6.42. The van der Waals surface area contributed by atoms with Crippen molar-refractivity contribution in [3.8, 4) is 11.5 Å². The number of hydrogen-bond donors (Lipinski definition) is 0. The van der Waals surface area contributed by atoms with E-state index in [1.807, 2.05) is 24.3 Å². The molecule has 0 aliphatic carbocycles. The Labute approximate surface area is 162 Å². The van der Waals surface area contributed by atoms with Crippen LogP contribution in [-0.4, -0.2) is 43.9 Å². The molecule has 5 nitrogen and oxygen atoms in total. The zero-order chi connectivity index (χ0) is 19.3. The van der Waals surface area contributed by atoms with E-state index in [1.54, 1.807) is 7.11 Å². The van der Waals surface area contributed by atoms with Crippen LogP contribution in [0.15, 0.2) is 36.4 Å². The van der Waals surface area contributed by atoms with Crippen LogP contribution in [0.25, 0.3) is 0 Å². The van der Waals surface area contributed by atoms with Gasteiger partial charge in [0, 0.05) is 13.0 Å². The molecule has 0 N–H and O–H groups in total. The van der Waals surface area contributed by atoms with Crippen LogP contribution in [0.1, 0.15) is 46.5 Å². The third-order valence-electron chi connectivity index (χ3n) is 5.15. The van der Waals surface area contributed by atoms with Gasteiger partial charge in [0.1, 0.15) is 23.2 Å². The van der Waals surface area contributed by atoms with E-state index in [2.05, 4.69) is 32.9 Å². The Morgan fingerprint density at radius 3 is 2.48 bits per heavy atom. The summed E-state index contributed by atoms with van der Waals surface area (Å²) in [4.78, 5) is 0. The molecule has 150 valence electrons. The summed E-state index contributed by atoms with van der Waals surface area (Å²) in [6.07, 6.45) is 7.78. The molecule has 0 saturated carbocycles. The van der Waals surface area contributed by atoms with Crippen LogP contribution in [0, 0.1) is 0 Å². The summed E-state index contributed by atoms with van der Waals surface area (Å²) >= 11 is 0. The quantitative estimate of drug-likeness (QED) is 0.684. The number of hydrogen-bond acceptors (Lipinski definition) is 5. The Kier molecular flexibility index (Phi) is 6.45. The van der Waals surface area contributed by atoms with E-state index in [-0.39, 0.29) is 18.0 Å². The standard InChI is InChI=1S/C22H32O5/c1-21(2)13-7-14-22(3,26-18-11-9-17(23-4)10-12-18)19(27-21)16-25-20-8-5-6-15-24-20/h7,9-13,19-20H,5-6,8,14-16H2,1-4H3/t19-,20?,22-/m0/s1. The van der Waals surface area contributed by atoms with Crippen molar-refractivity contribution in [3.05, 3.63) is 36.4 Å². The second-order valence-corrected chi connectivity index (χ2v) is 8.04. The third kappa shape index (κ3) is 5.47. The molecule has 0 amide bonds. The molecule has 2 aliphatic rings. The molecule has 2 heterocycles. The highest BCUT2D eigenvalue weighted by Gasteiger charge is 2.42. The van der Waals surface area contributed by atoms with Gasteiger partial charge in [-0.1, -0.05) is 12.2 Å². The molecule has 1 unspecified atom stereocenters. The molecular weight excluding hydrogens is 344 g/mol. The summed E-state index contributed by atoms with van der Waals surface area (Å²) in [5.74, 6) is 1.59. The van der Waals surface area contributed by atoms with Gasteiger partial charge in [-0.3, -0.25) is 0 Å². The smallest absolute Gasteiger partial charge is 0.157 e. The zero-order valence-electron chi connectivity index (χ0n) is 16.9. The average molecular weight is 376 g/mol. The Bertz CT molecular complexity index is 618. The molecule has 1 aromatic carbocycles. The Morgan fingerprint density at radius 2 is 1.81 bits per heavy atom. The molecule has 3 rings (SSSR count). The van der Waals surface area contributed by atoms with Crippen molar-refractivity contribution in [3.63, 3.8) is 0 Å². The van der Waals surface area contributed by atoms with Gasteiger partial charge in [0.2, 0.25) is 0 Å². The van der Waals surface area contributed by atoms with E-state index in [0.717, 1.165) is 43.8 Å². The van der Waals surface area contributed by atoms with Gasteiger partial charge in [-0.2, -0.15) is 0 Å².